The van der Waals surface area contributed by atoms with Crippen LogP contribution in [0.15, 0.2) is 30.3 Å². The smallest absolute Gasteiger partial charge is 0.240 e. The van der Waals surface area contributed by atoms with Crippen LogP contribution >= 0.6 is 0 Å². The Morgan fingerprint density at radius 2 is 2.06 bits per heavy atom. The third-order valence-corrected chi connectivity index (χ3v) is 6.75. The van der Waals surface area contributed by atoms with Crippen molar-refractivity contribution in [3.8, 4) is 17.0 Å². The Kier molecular flexibility index (Phi) is 6.40. The highest BCUT2D eigenvalue weighted by Crippen LogP contribution is 2.33. The molecule has 0 unspecified atom stereocenters. The topological polar surface area (TPSA) is 127 Å². The predicted molar refractivity (Wildman–Crippen MR) is 132 cm³/mol. The van der Waals surface area contributed by atoms with Crippen LogP contribution in [0.1, 0.15) is 25.3 Å². The lowest BCUT2D eigenvalue weighted by Crippen LogP contribution is -2.45. The molecule has 10 heteroatoms. The lowest BCUT2D eigenvalue weighted by atomic mass is 10.1. The summed E-state index contributed by atoms with van der Waals surface area (Å²) in [5.41, 5.74) is 8.46. The number of rotatable bonds is 6. The Hall–Kier alpha value is -3.50. The number of nitrogens with two attached hydrogens (primary N) is 1. The number of carbonyl (C=O) groups is 1. The number of primary amides is 1. The molecular weight excluding hydrogens is 448 g/mol. The molecule has 2 atom stereocenters. The van der Waals surface area contributed by atoms with E-state index in [1.54, 1.807) is 7.11 Å². The van der Waals surface area contributed by atoms with E-state index >= 15 is 0 Å². The van der Waals surface area contributed by atoms with Crippen molar-refractivity contribution < 1.29 is 19.4 Å². The predicted octanol–water partition coefficient (Wildman–Crippen LogP) is 1.87. The Morgan fingerprint density at radius 1 is 1.20 bits per heavy atom. The van der Waals surface area contributed by atoms with Gasteiger partial charge in [-0.05, 0) is 50.1 Å². The summed E-state index contributed by atoms with van der Waals surface area (Å²) in [7, 11) is 1.58. The minimum atomic E-state index is -0.431. The number of carbonyl (C=O) groups excluding carboxylic acids is 1. The van der Waals surface area contributed by atoms with E-state index in [1.165, 1.54) is 0 Å². The molecule has 10 nitrogen and oxygen atoms in total. The maximum Gasteiger partial charge on any atom is 0.240 e. The molecular formula is C25H30N6O4. The maximum atomic E-state index is 12.1. The third-order valence-electron chi connectivity index (χ3n) is 6.75. The highest BCUT2D eigenvalue weighted by Gasteiger charge is 2.33. The van der Waals surface area contributed by atoms with Crippen LogP contribution in [0, 0.1) is 0 Å². The highest BCUT2D eigenvalue weighted by atomic mass is 16.5. The zero-order valence-corrected chi connectivity index (χ0v) is 20.0. The molecule has 4 heterocycles. The number of nitrogens with zero attached hydrogens (tertiary/aromatic N) is 5. The van der Waals surface area contributed by atoms with E-state index in [4.69, 9.17) is 30.2 Å². The van der Waals surface area contributed by atoms with Gasteiger partial charge in [-0.15, -0.1) is 0 Å². The molecule has 1 amide bonds. The fourth-order valence-corrected chi connectivity index (χ4v) is 4.90. The van der Waals surface area contributed by atoms with Gasteiger partial charge in [0.05, 0.1) is 44.1 Å². The fourth-order valence-electron chi connectivity index (χ4n) is 4.90. The molecule has 0 aliphatic carbocycles. The Morgan fingerprint density at radius 3 is 2.80 bits per heavy atom. The molecule has 2 aliphatic heterocycles. The minimum absolute atomic E-state index is 0.133. The number of hydrogen-bond donors (Lipinski definition) is 2. The van der Waals surface area contributed by atoms with Gasteiger partial charge >= 0.3 is 0 Å². The number of aromatic nitrogens is 3. The van der Waals surface area contributed by atoms with Crippen molar-refractivity contribution in [3.05, 3.63) is 35.9 Å². The molecule has 0 spiro atoms. The monoisotopic (exact) mass is 478 g/mol. The molecule has 0 radical (unpaired) electrons. The van der Waals surface area contributed by atoms with Gasteiger partial charge in [-0.25, -0.2) is 4.98 Å². The SMILES string of the molecule is COc1ccc(-c2ccc3c(N4CCOC[C@@H]4C)nc(N4CCC[C@H]4C(N)=O)nc3n2)cc1CO. The number of ether oxygens (including phenoxy) is 2. The molecule has 2 aliphatic rings. The first-order chi connectivity index (χ1) is 17.0. The van der Waals surface area contributed by atoms with E-state index in [0.29, 0.717) is 61.3 Å². The van der Waals surface area contributed by atoms with E-state index < -0.39 is 6.04 Å². The van der Waals surface area contributed by atoms with Gasteiger partial charge in [0, 0.05) is 24.2 Å². The van der Waals surface area contributed by atoms with Gasteiger partial charge in [0.15, 0.2) is 5.65 Å². The lowest BCUT2D eigenvalue weighted by molar-refractivity contribution is -0.119. The molecule has 184 valence electrons. The van der Waals surface area contributed by atoms with Crippen LogP contribution in [0.4, 0.5) is 11.8 Å². The number of fused-ring (bicyclic) bond motifs is 1. The van der Waals surface area contributed by atoms with Gasteiger partial charge in [0.1, 0.15) is 17.6 Å². The van der Waals surface area contributed by atoms with Crippen LogP contribution in [0.3, 0.4) is 0 Å². The van der Waals surface area contributed by atoms with Gasteiger partial charge in [0.25, 0.3) is 0 Å². The lowest BCUT2D eigenvalue weighted by Gasteiger charge is -2.35. The number of pyridine rings is 1. The molecule has 0 bridgehead atoms. The second-order valence-electron chi connectivity index (χ2n) is 8.97. The first kappa shape index (κ1) is 23.3. The van der Waals surface area contributed by atoms with Crippen LogP contribution in [0.5, 0.6) is 5.75 Å². The molecule has 1 aromatic carbocycles. The number of aliphatic hydroxyl groups excluding tert-OH is 1. The molecule has 0 saturated carbocycles. The molecule has 2 fully saturated rings. The summed E-state index contributed by atoms with van der Waals surface area (Å²) in [5.74, 6) is 1.49. The maximum absolute atomic E-state index is 12.1. The van der Waals surface area contributed by atoms with Crippen molar-refractivity contribution >= 4 is 28.7 Å². The number of methoxy groups -OCH3 is 1. The summed E-state index contributed by atoms with van der Waals surface area (Å²) in [6.45, 7) is 4.54. The molecule has 35 heavy (non-hydrogen) atoms. The molecule has 3 aromatic rings. The van der Waals surface area contributed by atoms with Crippen molar-refractivity contribution in [3.63, 3.8) is 0 Å². The number of hydrogen-bond acceptors (Lipinski definition) is 9. The Labute approximate surface area is 203 Å². The summed E-state index contributed by atoms with van der Waals surface area (Å²) in [6.07, 6.45) is 1.53. The second kappa shape index (κ2) is 9.63. The van der Waals surface area contributed by atoms with Gasteiger partial charge in [0.2, 0.25) is 11.9 Å². The summed E-state index contributed by atoms with van der Waals surface area (Å²) >= 11 is 0. The van der Waals surface area contributed by atoms with Gasteiger partial charge < -0.3 is 30.1 Å². The van der Waals surface area contributed by atoms with Gasteiger partial charge in [-0.1, -0.05) is 0 Å². The molecule has 3 N–H and O–H groups in total. The second-order valence-corrected chi connectivity index (χ2v) is 8.97. The van der Waals surface area contributed by atoms with E-state index in [2.05, 4.69) is 11.8 Å². The quantitative estimate of drug-likeness (QED) is 0.546. The summed E-state index contributed by atoms with van der Waals surface area (Å²) in [6, 6.07) is 9.21. The number of benzene rings is 1. The number of morpholine rings is 1. The summed E-state index contributed by atoms with van der Waals surface area (Å²) < 4.78 is 11.0. The van der Waals surface area contributed by atoms with Crippen LogP contribution in [0.25, 0.3) is 22.3 Å². The van der Waals surface area contributed by atoms with Crippen molar-refractivity contribution in [1.29, 1.82) is 0 Å². The largest absolute Gasteiger partial charge is 0.496 e. The van der Waals surface area contributed by atoms with Gasteiger partial charge in [-0.2, -0.15) is 9.97 Å². The summed E-state index contributed by atoms with van der Waals surface area (Å²) in [5, 5.41) is 10.6. The number of amides is 1. The molecule has 2 aromatic heterocycles. The third kappa shape index (κ3) is 4.35. The van der Waals surface area contributed by atoms with Crippen LogP contribution < -0.4 is 20.3 Å². The van der Waals surface area contributed by atoms with E-state index in [9.17, 15) is 9.90 Å². The van der Waals surface area contributed by atoms with Crippen LogP contribution in [-0.2, 0) is 16.1 Å². The Balaban J connectivity index is 1.65. The number of aliphatic hydroxyl groups is 1. The van der Waals surface area contributed by atoms with Crippen molar-refractivity contribution in [1.82, 2.24) is 15.0 Å². The van der Waals surface area contributed by atoms with Gasteiger partial charge in [-0.3, -0.25) is 4.79 Å². The number of anilines is 2. The molecule has 2 saturated heterocycles. The summed E-state index contributed by atoms with van der Waals surface area (Å²) in [4.78, 5) is 30.8. The normalized spacial score (nSPS) is 20.4. The average molecular weight is 479 g/mol. The highest BCUT2D eigenvalue weighted by molar-refractivity contribution is 5.91. The zero-order valence-electron chi connectivity index (χ0n) is 20.0. The van der Waals surface area contributed by atoms with Crippen molar-refractivity contribution in [2.75, 3.05) is 43.2 Å². The van der Waals surface area contributed by atoms with Crippen molar-refractivity contribution in [2.24, 2.45) is 5.73 Å². The van der Waals surface area contributed by atoms with Crippen molar-refractivity contribution in [2.45, 2.75) is 38.5 Å². The molecule has 5 rings (SSSR count). The van der Waals surface area contributed by atoms with Crippen LogP contribution in [0.2, 0.25) is 0 Å². The van der Waals surface area contributed by atoms with E-state index in [-0.39, 0.29) is 18.6 Å². The van der Waals surface area contributed by atoms with E-state index in [1.807, 2.05) is 35.2 Å². The van der Waals surface area contributed by atoms with E-state index in [0.717, 1.165) is 23.2 Å². The first-order valence-corrected chi connectivity index (χ1v) is 11.9. The Bertz CT molecular complexity index is 1250. The first-order valence-electron chi connectivity index (χ1n) is 11.9. The minimum Gasteiger partial charge on any atom is -0.496 e. The zero-order chi connectivity index (χ0) is 24.5. The van der Waals surface area contributed by atoms with Crippen LogP contribution in [-0.4, -0.2) is 71.5 Å². The standard InChI is InChI=1S/C25H30N6O4/c1-15-14-35-11-10-30(15)24-18-6-7-19(16-5-8-21(34-2)17(12-16)13-32)27-23(18)28-25(29-24)31-9-3-4-20(31)22(26)33/h5-8,12,15,20,32H,3-4,9-11,13-14H2,1-2H3,(H2,26,33)/t15-,20-/m0/s1. The average Bonchev–Trinajstić information content (AvgIpc) is 3.38. The fraction of sp³-hybridized carbons (Fsp3) is 0.440.